The van der Waals surface area contributed by atoms with Crippen molar-refractivity contribution in [3.63, 3.8) is 0 Å². The highest BCUT2D eigenvalue weighted by molar-refractivity contribution is 9.10. The van der Waals surface area contributed by atoms with Crippen molar-refractivity contribution in [1.82, 2.24) is 4.90 Å². The number of rotatable bonds is 8. The van der Waals surface area contributed by atoms with E-state index in [9.17, 15) is 0 Å². The number of benzene rings is 2. The van der Waals surface area contributed by atoms with E-state index in [4.69, 9.17) is 9.57 Å². The lowest BCUT2D eigenvalue weighted by molar-refractivity contribution is 0.126. The molecule has 1 aliphatic heterocycles. The molecule has 3 rings (SSSR count). The van der Waals surface area contributed by atoms with Crippen molar-refractivity contribution >= 4 is 21.6 Å². The Balaban J connectivity index is 1.59. The second kappa shape index (κ2) is 9.53. The zero-order valence-electron chi connectivity index (χ0n) is 15.4. The van der Waals surface area contributed by atoms with E-state index in [1.807, 2.05) is 42.5 Å². The van der Waals surface area contributed by atoms with Crippen LogP contribution in [0.5, 0.6) is 5.75 Å². The van der Waals surface area contributed by atoms with Crippen molar-refractivity contribution in [2.24, 2.45) is 5.16 Å². The molecule has 0 unspecified atom stereocenters. The molecule has 2 aromatic carbocycles. The lowest BCUT2D eigenvalue weighted by Crippen LogP contribution is -2.17. The highest BCUT2D eigenvalue weighted by atomic mass is 79.9. The van der Waals surface area contributed by atoms with Crippen LogP contribution in [-0.2, 0) is 11.4 Å². The Morgan fingerprint density at radius 3 is 2.78 bits per heavy atom. The molecule has 4 nitrogen and oxygen atoms in total. The summed E-state index contributed by atoms with van der Waals surface area (Å²) in [5.41, 5.74) is 4.08. The Kier molecular flexibility index (Phi) is 6.85. The van der Waals surface area contributed by atoms with Crippen LogP contribution in [0.2, 0.25) is 0 Å². The van der Waals surface area contributed by atoms with Gasteiger partial charge in [-0.15, -0.1) is 6.58 Å². The van der Waals surface area contributed by atoms with Gasteiger partial charge in [-0.05, 0) is 43.4 Å². The maximum Gasteiger partial charge on any atom is 0.143 e. The van der Waals surface area contributed by atoms with Gasteiger partial charge >= 0.3 is 0 Å². The van der Waals surface area contributed by atoms with E-state index in [2.05, 4.69) is 57.8 Å². The third-order valence-electron chi connectivity index (χ3n) is 4.20. The lowest BCUT2D eigenvalue weighted by atomic mass is 9.97. The van der Waals surface area contributed by atoms with Crippen molar-refractivity contribution in [3.05, 3.63) is 88.4 Å². The quantitative estimate of drug-likeness (QED) is 0.569. The Morgan fingerprint density at radius 2 is 2.00 bits per heavy atom. The van der Waals surface area contributed by atoms with E-state index in [1.165, 1.54) is 0 Å². The average Bonchev–Trinajstić information content (AvgIpc) is 2.68. The van der Waals surface area contributed by atoms with Gasteiger partial charge in [0.15, 0.2) is 0 Å². The predicted octanol–water partition coefficient (Wildman–Crippen LogP) is 4.78. The van der Waals surface area contributed by atoms with Gasteiger partial charge in [0.1, 0.15) is 24.7 Å². The molecule has 5 heteroatoms. The maximum atomic E-state index is 5.77. The van der Waals surface area contributed by atoms with Gasteiger partial charge in [0.05, 0.1) is 0 Å². The van der Waals surface area contributed by atoms with Gasteiger partial charge < -0.3 is 9.57 Å². The molecular formula is C22H23BrN2O2. The average molecular weight is 427 g/mol. The number of nitrogens with zero attached hydrogens (tertiary/aromatic N) is 2. The summed E-state index contributed by atoms with van der Waals surface area (Å²) in [6.45, 7) is 6.52. The number of halogens is 1. The number of hydrogen-bond acceptors (Lipinski definition) is 4. The molecule has 27 heavy (non-hydrogen) atoms. The summed E-state index contributed by atoms with van der Waals surface area (Å²) in [5, 5.41) is 4.26. The Bertz CT molecular complexity index is 844. The monoisotopic (exact) mass is 426 g/mol. The van der Waals surface area contributed by atoms with E-state index in [0.29, 0.717) is 13.2 Å². The first kappa shape index (κ1) is 19.4. The largest absolute Gasteiger partial charge is 0.490 e. The Hall–Kier alpha value is -2.37. The Labute approximate surface area is 168 Å². The molecule has 0 bridgehead atoms. The molecule has 0 saturated heterocycles. The van der Waals surface area contributed by atoms with Crippen LogP contribution in [0, 0.1) is 0 Å². The molecule has 140 valence electrons. The summed E-state index contributed by atoms with van der Waals surface area (Å²) in [5.74, 6) is 0.830. The SMILES string of the molecule is C=CCN(C)CC=CCOc1ccc(C2=NOCc3cc(Br)ccc32)cc1. The fourth-order valence-electron chi connectivity index (χ4n) is 2.81. The summed E-state index contributed by atoms with van der Waals surface area (Å²) in [6, 6.07) is 14.1. The van der Waals surface area contributed by atoms with Gasteiger partial charge in [-0.3, -0.25) is 4.90 Å². The van der Waals surface area contributed by atoms with Gasteiger partial charge in [-0.2, -0.15) is 0 Å². The third kappa shape index (κ3) is 5.31. The molecule has 0 saturated carbocycles. The fourth-order valence-corrected chi connectivity index (χ4v) is 3.22. The molecule has 0 aliphatic carbocycles. The number of hydrogen-bond donors (Lipinski definition) is 0. The summed E-state index contributed by atoms with van der Waals surface area (Å²) < 4.78 is 6.81. The van der Waals surface area contributed by atoms with Crippen LogP contribution in [0.1, 0.15) is 16.7 Å². The first-order valence-electron chi connectivity index (χ1n) is 8.84. The van der Waals surface area contributed by atoms with E-state index >= 15 is 0 Å². The number of likely N-dealkylation sites (N-methyl/N-ethyl adjacent to an activating group) is 1. The van der Waals surface area contributed by atoms with Crippen molar-refractivity contribution in [1.29, 1.82) is 0 Å². The molecule has 1 aliphatic rings. The molecule has 0 spiro atoms. The first-order valence-corrected chi connectivity index (χ1v) is 9.63. The van der Waals surface area contributed by atoms with Crippen LogP contribution in [0.3, 0.4) is 0 Å². The van der Waals surface area contributed by atoms with Crippen LogP contribution >= 0.6 is 15.9 Å². The zero-order valence-corrected chi connectivity index (χ0v) is 17.0. The molecule has 1 heterocycles. The molecule has 0 N–H and O–H groups in total. The van der Waals surface area contributed by atoms with Gasteiger partial charge in [0.2, 0.25) is 0 Å². The smallest absolute Gasteiger partial charge is 0.143 e. The molecule has 0 amide bonds. The van der Waals surface area contributed by atoms with Crippen LogP contribution in [0.15, 0.2) is 76.9 Å². The molecular weight excluding hydrogens is 404 g/mol. The molecule has 0 aromatic heterocycles. The molecule has 0 fully saturated rings. The summed E-state index contributed by atoms with van der Waals surface area (Å²) in [7, 11) is 2.06. The zero-order chi connectivity index (χ0) is 19.1. The Morgan fingerprint density at radius 1 is 1.19 bits per heavy atom. The van der Waals surface area contributed by atoms with Gasteiger partial charge in [-0.1, -0.05) is 45.4 Å². The highest BCUT2D eigenvalue weighted by Crippen LogP contribution is 2.25. The molecule has 0 atom stereocenters. The normalized spacial score (nSPS) is 13.2. The van der Waals surface area contributed by atoms with E-state index < -0.39 is 0 Å². The van der Waals surface area contributed by atoms with Crippen molar-refractivity contribution in [2.45, 2.75) is 6.61 Å². The van der Waals surface area contributed by atoms with Crippen LogP contribution < -0.4 is 4.74 Å². The van der Waals surface area contributed by atoms with Crippen molar-refractivity contribution in [2.75, 3.05) is 26.7 Å². The van der Waals surface area contributed by atoms with Crippen molar-refractivity contribution < 1.29 is 9.57 Å². The van der Waals surface area contributed by atoms with Crippen molar-refractivity contribution in [3.8, 4) is 5.75 Å². The van der Waals surface area contributed by atoms with E-state index in [-0.39, 0.29) is 0 Å². The number of fused-ring (bicyclic) bond motifs is 1. The fraction of sp³-hybridized carbons (Fsp3) is 0.227. The van der Waals surface area contributed by atoms with Crippen LogP contribution in [0.4, 0.5) is 0 Å². The minimum atomic E-state index is 0.494. The third-order valence-corrected chi connectivity index (χ3v) is 4.69. The highest BCUT2D eigenvalue weighted by Gasteiger charge is 2.17. The second-order valence-electron chi connectivity index (χ2n) is 6.33. The van der Waals surface area contributed by atoms with E-state index in [0.717, 1.165) is 45.7 Å². The molecule has 2 aromatic rings. The number of oxime groups is 1. The molecule has 0 radical (unpaired) electrons. The minimum Gasteiger partial charge on any atom is -0.490 e. The standard InChI is InChI=1S/C22H23BrN2O2/c1-3-12-25(2)13-4-5-14-26-20-9-6-17(7-10-20)22-21-11-8-19(23)15-18(21)16-27-24-22/h3-11,15H,1,12-14,16H2,2H3. The number of ether oxygens (including phenoxy) is 1. The minimum absolute atomic E-state index is 0.494. The summed E-state index contributed by atoms with van der Waals surface area (Å²) >= 11 is 3.50. The predicted molar refractivity (Wildman–Crippen MR) is 113 cm³/mol. The lowest BCUT2D eigenvalue weighted by Gasteiger charge is -2.17. The first-order chi connectivity index (χ1) is 13.2. The van der Waals surface area contributed by atoms with Crippen LogP contribution in [0.25, 0.3) is 0 Å². The van der Waals surface area contributed by atoms with Gasteiger partial charge in [0, 0.05) is 34.3 Å². The maximum absolute atomic E-state index is 5.77. The van der Waals surface area contributed by atoms with Gasteiger partial charge in [0.25, 0.3) is 0 Å². The topological polar surface area (TPSA) is 34.1 Å². The van der Waals surface area contributed by atoms with E-state index in [1.54, 1.807) is 0 Å². The summed E-state index contributed by atoms with van der Waals surface area (Å²) in [4.78, 5) is 7.56. The van der Waals surface area contributed by atoms with Gasteiger partial charge in [-0.25, -0.2) is 0 Å². The second-order valence-corrected chi connectivity index (χ2v) is 7.25. The summed E-state index contributed by atoms with van der Waals surface area (Å²) in [6.07, 6.45) is 6.02. The van der Waals surface area contributed by atoms with Crippen LogP contribution in [-0.4, -0.2) is 37.4 Å².